The number of benzene rings is 1. The zero-order chi connectivity index (χ0) is 15.6. The van der Waals surface area contributed by atoms with Crippen LogP contribution in [0.2, 0.25) is 0 Å². The van der Waals surface area contributed by atoms with Crippen molar-refractivity contribution in [1.29, 1.82) is 0 Å². The van der Waals surface area contributed by atoms with Crippen molar-refractivity contribution in [2.24, 2.45) is 0 Å². The van der Waals surface area contributed by atoms with Crippen LogP contribution in [0.3, 0.4) is 0 Å². The van der Waals surface area contributed by atoms with Gasteiger partial charge in [-0.05, 0) is 39.0 Å². The van der Waals surface area contributed by atoms with Crippen molar-refractivity contribution < 1.29 is 22.3 Å². The smallest absolute Gasteiger partial charge is 0.341 e. The fraction of sp³-hybridized carbons (Fsp3) is 0.462. The van der Waals surface area contributed by atoms with Crippen LogP contribution in [-0.2, 0) is 14.6 Å². The maximum Gasteiger partial charge on any atom is 0.341 e. The quantitative estimate of drug-likeness (QED) is 0.677. The van der Waals surface area contributed by atoms with E-state index in [-0.39, 0.29) is 23.6 Å². The zero-order valence-corrected chi connectivity index (χ0v) is 12.5. The van der Waals surface area contributed by atoms with Gasteiger partial charge in [-0.1, -0.05) is 0 Å². The van der Waals surface area contributed by atoms with Crippen LogP contribution in [-0.4, -0.2) is 31.5 Å². The third kappa shape index (κ3) is 3.93. The Morgan fingerprint density at radius 2 is 1.95 bits per heavy atom. The van der Waals surface area contributed by atoms with Crippen LogP contribution in [0, 0.1) is 5.82 Å². The minimum absolute atomic E-state index is 0.223. The summed E-state index contributed by atoms with van der Waals surface area (Å²) in [5.41, 5.74) is 5.37. The highest BCUT2D eigenvalue weighted by molar-refractivity contribution is 7.92. The first kappa shape index (κ1) is 16.4. The Bertz CT molecular complexity index is 605. The van der Waals surface area contributed by atoms with E-state index in [1.165, 1.54) is 6.07 Å². The Balaban J connectivity index is 2.68. The number of ether oxygens (including phenoxy) is 1. The van der Waals surface area contributed by atoms with E-state index in [0.29, 0.717) is 0 Å². The van der Waals surface area contributed by atoms with Gasteiger partial charge in [0, 0.05) is 5.69 Å². The summed E-state index contributed by atoms with van der Waals surface area (Å²) in [6.45, 7) is 4.35. The lowest BCUT2D eigenvalue weighted by molar-refractivity contribution is 0.0523. The number of halogens is 1. The molecule has 0 aliphatic rings. The van der Waals surface area contributed by atoms with E-state index in [2.05, 4.69) is 0 Å². The first-order valence-electron chi connectivity index (χ1n) is 5.99. The van der Waals surface area contributed by atoms with Crippen LogP contribution in [0.5, 0.6) is 0 Å². The predicted octanol–water partition coefficient (Wildman–Crippen LogP) is 1.78. The minimum Gasteiger partial charge on any atom is -0.461 e. The van der Waals surface area contributed by atoms with E-state index in [0.717, 1.165) is 12.1 Å². The molecule has 20 heavy (non-hydrogen) atoms. The Morgan fingerprint density at radius 3 is 2.50 bits per heavy atom. The number of carbonyl (C=O) groups excluding carboxylic acids is 1. The van der Waals surface area contributed by atoms with Gasteiger partial charge in [0.15, 0.2) is 9.84 Å². The van der Waals surface area contributed by atoms with Crippen molar-refractivity contribution in [3.05, 3.63) is 29.6 Å². The van der Waals surface area contributed by atoms with Gasteiger partial charge in [0.2, 0.25) is 0 Å². The number of esters is 1. The molecule has 0 aromatic heterocycles. The van der Waals surface area contributed by atoms with E-state index in [4.69, 9.17) is 10.5 Å². The summed E-state index contributed by atoms with van der Waals surface area (Å²) >= 11 is 0. The van der Waals surface area contributed by atoms with Gasteiger partial charge in [0.1, 0.15) is 12.4 Å². The highest BCUT2D eigenvalue weighted by atomic mass is 32.2. The van der Waals surface area contributed by atoms with Crippen LogP contribution in [0.15, 0.2) is 18.2 Å². The van der Waals surface area contributed by atoms with E-state index in [1.54, 1.807) is 20.8 Å². The maximum absolute atomic E-state index is 13.4. The number of nitrogen functional groups attached to an aromatic ring is 1. The number of sulfone groups is 1. The third-order valence-electron chi connectivity index (χ3n) is 2.73. The first-order chi connectivity index (χ1) is 9.04. The largest absolute Gasteiger partial charge is 0.461 e. The Labute approximate surface area is 117 Å². The van der Waals surface area contributed by atoms with Crippen LogP contribution in [0.1, 0.15) is 31.1 Å². The average molecular weight is 303 g/mol. The molecule has 0 fully saturated rings. The molecule has 0 amide bonds. The molecule has 7 heteroatoms. The molecule has 112 valence electrons. The van der Waals surface area contributed by atoms with Gasteiger partial charge < -0.3 is 10.5 Å². The fourth-order valence-corrected chi connectivity index (χ4v) is 2.24. The average Bonchev–Trinajstić information content (AvgIpc) is 2.30. The summed E-state index contributed by atoms with van der Waals surface area (Å²) in [5.74, 6) is -2.01. The predicted molar refractivity (Wildman–Crippen MR) is 74.6 cm³/mol. The lowest BCUT2D eigenvalue weighted by atomic mass is 10.2. The van der Waals surface area contributed by atoms with Crippen molar-refractivity contribution in [2.45, 2.75) is 25.5 Å². The van der Waals surface area contributed by atoms with Gasteiger partial charge in [0.05, 0.1) is 16.1 Å². The fourth-order valence-electron chi connectivity index (χ4n) is 1.33. The number of hydrogen-bond donors (Lipinski definition) is 1. The van der Waals surface area contributed by atoms with Crippen LogP contribution < -0.4 is 5.73 Å². The van der Waals surface area contributed by atoms with E-state index >= 15 is 0 Å². The summed E-state index contributed by atoms with van der Waals surface area (Å²) in [6.07, 6.45) is 0. The summed E-state index contributed by atoms with van der Waals surface area (Å²) < 4.78 is 40.9. The Kier molecular flexibility index (Phi) is 4.75. The summed E-state index contributed by atoms with van der Waals surface area (Å²) in [6, 6.07) is 3.52. The van der Waals surface area contributed by atoms with Gasteiger partial charge in [-0.15, -0.1) is 0 Å². The van der Waals surface area contributed by atoms with Gasteiger partial charge in [-0.3, -0.25) is 0 Å². The van der Waals surface area contributed by atoms with Crippen molar-refractivity contribution in [2.75, 3.05) is 18.1 Å². The molecule has 0 unspecified atom stereocenters. The van der Waals surface area contributed by atoms with E-state index < -0.39 is 26.4 Å². The number of rotatable bonds is 4. The van der Waals surface area contributed by atoms with E-state index in [1.807, 2.05) is 0 Å². The standard InChI is InChI=1S/C13H18FNO4S/c1-13(2,3)20(17,18)7-6-19-12(16)10-8-9(15)4-5-11(10)14/h4-5,8H,6-7,15H2,1-3H3. The van der Waals surface area contributed by atoms with Gasteiger partial charge in [-0.2, -0.15) is 0 Å². The monoisotopic (exact) mass is 303 g/mol. The highest BCUT2D eigenvalue weighted by Gasteiger charge is 2.29. The van der Waals surface area contributed by atoms with Gasteiger partial charge in [-0.25, -0.2) is 17.6 Å². The third-order valence-corrected chi connectivity index (χ3v) is 5.30. The summed E-state index contributed by atoms with van der Waals surface area (Å²) in [7, 11) is -3.39. The molecule has 1 rings (SSSR count). The number of hydrogen-bond acceptors (Lipinski definition) is 5. The molecule has 0 aliphatic carbocycles. The van der Waals surface area contributed by atoms with Crippen molar-refractivity contribution >= 4 is 21.5 Å². The lowest BCUT2D eigenvalue weighted by Gasteiger charge is -2.18. The molecule has 0 atom stereocenters. The molecule has 1 aromatic rings. The topological polar surface area (TPSA) is 86.5 Å². The first-order valence-corrected chi connectivity index (χ1v) is 7.64. The summed E-state index contributed by atoms with van der Waals surface area (Å²) in [5, 5.41) is 0. The molecule has 0 saturated heterocycles. The molecule has 5 nitrogen and oxygen atoms in total. The second kappa shape index (κ2) is 5.78. The second-order valence-electron chi connectivity index (χ2n) is 5.31. The van der Waals surface area contributed by atoms with Crippen LogP contribution >= 0.6 is 0 Å². The van der Waals surface area contributed by atoms with Gasteiger partial charge in [0.25, 0.3) is 0 Å². The molecule has 0 spiro atoms. The number of anilines is 1. The highest BCUT2D eigenvalue weighted by Crippen LogP contribution is 2.17. The SMILES string of the molecule is CC(C)(C)S(=O)(=O)CCOC(=O)c1cc(N)ccc1F. The molecule has 0 saturated carbocycles. The van der Waals surface area contributed by atoms with Crippen molar-refractivity contribution in [1.82, 2.24) is 0 Å². The molecule has 1 aromatic carbocycles. The zero-order valence-electron chi connectivity index (χ0n) is 11.6. The Morgan fingerprint density at radius 1 is 1.35 bits per heavy atom. The molecule has 0 radical (unpaired) electrons. The molecule has 2 N–H and O–H groups in total. The molecular weight excluding hydrogens is 285 g/mol. The summed E-state index contributed by atoms with van der Waals surface area (Å²) in [4.78, 5) is 11.6. The number of nitrogens with two attached hydrogens (primary N) is 1. The maximum atomic E-state index is 13.4. The van der Waals surface area contributed by atoms with Crippen LogP contribution in [0.4, 0.5) is 10.1 Å². The molecule has 0 heterocycles. The van der Waals surface area contributed by atoms with Crippen molar-refractivity contribution in [3.63, 3.8) is 0 Å². The van der Waals surface area contributed by atoms with Gasteiger partial charge >= 0.3 is 5.97 Å². The van der Waals surface area contributed by atoms with Crippen molar-refractivity contribution in [3.8, 4) is 0 Å². The molecule has 0 aliphatic heterocycles. The molecule has 0 bridgehead atoms. The number of carbonyl (C=O) groups is 1. The molecular formula is C13H18FNO4S. The minimum atomic E-state index is -3.39. The second-order valence-corrected chi connectivity index (χ2v) is 8.17. The normalized spacial score (nSPS) is 12.2. The van der Waals surface area contributed by atoms with Crippen LogP contribution in [0.25, 0.3) is 0 Å². The van der Waals surface area contributed by atoms with E-state index in [9.17, 15) is 17.6 Å². The Hall–Kier alpha value is -1.63. The lowest BCUT2D eigenvalue weighted by Crippen LogP contribution is -2.32.